The molecule has 0 bridgehead atoms. The third kappa shape index (κ3) is 1.94. The van der Waals surface area contributed by atoms with Crippen LogP contribution in [0.1, 0.15) is 12.5 Å². The molecule has 0 aliphatic carbocycles. The van der Waals surface area contributed by atoms with Gasteiger partial charge in [-0.3, -0.25) is 0 Å². The molecule has 22 heavy (non-hydrogen) atoms. The van der Waals surface area contributed by atoms with Crippen LogP contribution in [0.5, 0.6) is 0 Å². The number of nitrogens with zero attached hydrogens (tertiary/aromatic N) is 1. The molecule has 3 nitrogen and oxygen atoms in total. The Kier molecular flexibility index (Phi) is 2.86. The highest BCUT2D eigenvalue weighted by Gasteiger charge is 2.12. The fourth-order valence-corrected chi connectivity index (χ4v) is 2.79. The molecule has 0 aliphatic rings. The van der Waals surface area contributed by atoms with Crippen molar-refractivity contribution in [1.29, 1.82) is 0 Å². The minimum Gasteiger partial charge on any atom is -0.435 e. The highest BCUT2D eigenvalue weighted by atomic mass is 16.3. The largest absolute Gasteiger partial charge is 0.435 e. The Hall–Kier alpha value is -2.81. The predicted octanol–water partition coefficient (Wildman–Crippen LogP) is 4.79. The molecule has 3 aromatic carbocycles. The Bertz CT molecular complexity index is 968. The summed E-state index contributed by atoms with van der Waals surface area (Å²) in [6.07, 6.45) is 1.02. The van der Waals surface area contributed by atoms with Crippen LogP contribution in [0.15, 0.2) is 59.0 Å². The average molecular weight is 288 g/mol. The third-order valence-electron chi connectivity index (χ3n) is 4.04. The van der Waals surface area contributed by atoms with E-state index in [1.54, 1.807) is 0 Å². The second kappa shape index (κ2) is 4.88. The van der Waals surface area contributed by atoms with Crippen molar-refractivity contribution in [3.63, 3.8) is 0 Å². The van der Waals surface area contributed by atoms with Crippen molar-refractivity contribution in [1.82, 2.24) is 4.98 Å². The Morgan fingerprint density at radius 3 is 2.45 bits per heavy atom. The van der Waals surface area contributed by atoms with Gasteiger partial charge in [0.05, 0.1) is 0 Å². The first-order valence-electron chi connectivity index (χ1n) is 7.43. The Morgan fingerprint density at radius 1 is 1.00 bits per heavy atom. The van der Waals surface area contributed by atoms with Gasteiger partial charge in [-0.15, -0.1) is 0 Å². The molecule has 2 N–H and O–H groups in total. The molecule has 1 heterocycles. The van der Waals surface area contributed by atoms with Gasteiger partial charge in [-0.05, 0) is 30.2 Å². The quantitative estimate of drug-likeness (QED) is 0.539. The minimum atomic E-state index is 0.633. The van der Waals surface area contributed by atoms with E-state index >= 15 is 0 Å². The number of benzene rings is 3. The number of fused-ring (bicyclic) bond motifs is 3. The summed E-state index contributed by atoms with van der Waals surface area (Å²) < 4.78 is 6.03. The molecule has 0 saturated carbocycles. The molecule has 108 valence electrons. The van der Waals surface area contributed by atoms with Crippen LogP contribution in [0, 0.1) is 0 Å². The van der Waals surface area contributed by atoms with Gasteiger partial charge < -0.3 is 10.2 Å². The van der Waals surface area contributed by atoms with Crippen molar-refractivity contribution in [2.24, 2.45) is 0 Å². The van der Waals surface area contributed by atoms with Gasteiger partial charge in [-0.1, -0.05) is 43.3 Å². The van der Waals surface area contributed by atoms with Crippen LogP contribution in [-0.2, 0) is 6.42 Å². The fourth-order valence-electron chi connectivity index (χ4n) is 2.79. The summed E-state index contributed by atoms with van der Waals surface area (Å²) in [7, 11) is 0. The number of rotatable bonds is 2. The summed E-state index contributed by atoms with van der Waals surface area (Å²) in [5, 5.41) is 2.00. The molecular weight excluding hydrogens is 272 g/mol. The van der Waals surface area contributed by atoms with Gasteiger partial charge in [-0.25, -0.2) is 4.98 Å². The maximum absolute atomic E-state index is 6.13. The number of hydrogen-bond donors (Lipinski definition) is 1. The van der Waals surface area contributed by atoms with Gasteiger partial charge in [-0.2, -0.15) is 0 Å². The molecule has 1 aromatic heterocycles. The lowest BCUT2D eigenvalue weighted by Gasteiger charge is -2.01. The standard InChI is InChI=1S/C19H16N2O/c1-2-12-7-9-13(10-8-12)19-21-17-11-16(20)14-5-3-4-6-15(14)18(17)22-19/h3-11H,2,20H2,1H3. The number of hydrogen-bond acceptors (Lipinski definition) is 3. The molecule has 0 amide bonds. The lowest BCUT2D eigenvalue weighted by Crippen LogP contribution is -1.87. The summed E-state index contributed by atoms with van der Waals surface area (Å²) in [6, 6.07) is 18.2. The topological polar surface area (TPSA) is 52.0 Å². The zero-order chi connectivity index (χ0) is 15.1. The first kappa shape index (κ1) is 12.9. The van der Waals surface area contributed by atoms with Crippen molar-refractivity contribution in [2.75, 3.05) is 5.73 Å². The van der Waals surface area contributed by atoms with E-state index in [9.17, 15) is 0 Å². The lowest BCUT2D eigenvalue weighted by atomic mass is 10.1. The van der Waals surface area contributed by atoms with Crippen LogP contribution in [-0.4, -0.2) is 4.98 Å². The third-order valence-corrected chi connectivity index (χ3v) is 4.04. The van der Waals surface area contributed by atoms with Crippen molar-refractivity contribution in [3.8, 4) is 11.5 Å². The normalized spacial score (nSPS) is 11.3. The molecule has 0 aliphatic heterocycles. The van der Waals surface area contributed by atoms with E-state index < -0.39 is 0 Å². The van der Waals surface area contributed by atoms with Crippen molar-refractivity contribution in [2.45, 2.75) is 13.3 Å². The average Bonchev–Trinajstić information content (AvgIpc) is 2.99. The number of aryl methyl sites for hydroxylation is 1. The Balaban J connectivity index is 1.94. The van der Waals surface area contributed by atoms with Crippen LogP contribution < -0.4 is 5.73 Å². The van der Waals surface area contributed by atoms with E-state index in [1.165, 1.54) is 5.56 Å². The van der Waals surface area contributed by atoms with Gasteiger partial charge in [0.2, 0.25) is 5.89 Å². The predicted molar refractivity (Wildman–Crippen MR) is 90.7 cm³/mol. The van der Waals surface area contributed by atoms with E-state index in [4.69, 9.17) is 10.2 Å². The summed E-state index contributed by atoms with van der Waals surface area (Å²) >= 11 is 0. The molecule has 4 rings (SSSR count). The van der Waals surface area contributed by atoms with Crippen molar-refractivity contribution >= 4 is 27.6 Å². The van der Waals surface area contributed by atoms with Crippen LogP contribution in [0.25, 0.3) is 33.3 Å². The SMILES string of the molecule is CCc1ccc(-c2nc3cc(N)c4ccccc4c3o2)cc1. The number of nitrogens with two attached hydrogens (primary N) is 1. The van der Waals surface area contributed by atoms with Gasteiger partial charge in [0.1, 0.15) is 5.52 Å². The minimum absolute atomic E-state index is 0.633. The highest BCUT2D eigenvalue weighted by molar-refractivity contribution is 6.09. The highest BCUT2D eigenvalue weighted by Crippen LogP contribution is 2.33. The Morgan fingerprint density at radius 2 is 1.73 bits per heavy atom. The van der Waals surface area contributed by atoms with Crippen molar-refractivity contribution in [3.05, 3.63) is 60.2 Å². The van der Waals surface area contributed by atoms with Crippen LogP contribution in [0.3, 0.4) is 0 Å². The number of anilines is 1. The van der Waals surface area contributed by atoms with Gasteiger partial charge >= 0.3 is 0 Å². The monoisotopic (exact) mass is 288 g/mol. The van der Waals surface area contributed by atoms with E-state index in [1.807, 2.05) is 30.3 Å². The second-order valence-electron chi connectivity index (χ2n) is 5.43. The summed E-state index contributed by atoms with van der Waals surface area (Å²) in [5.41, 5.74) is 10.7. The van der Waals surface area contributed by atoms with Crippen LogP contribution >= 0.6 is 0 Å². The first-order valence-corrected chi connectivity index (χ1v) is 7.43. The lowest BCUT2D eigenvalue weighted by molar-refractivity contribution is 0.623. The molecule has 0 fully saturated rings. The van der Waals surface area contributed by atoms with E-state index in [0.717, 1.165) is 39.5 Å². The smallest absolute Gasteiger partial charge is 0.227 e. The zero-order valence-electron chi connectivity index (χ0n) is 12.3. The second-order valence-corrected chi connectivity index (χ2v) is 5.43. The van der Waals surface area contributed by atoms with E-state index in [2.05, 4.69) is 36.2 Å². The summed E-state index contributed by atoms with van der Waals surface area (Å²) in [6.45, 7) is 2.14. The molecule has 3 heteroatoms. The molecule has 0 unspecified atom stereocenters. The van der Waals surface area contributed by atoms with E-state index in [-0.39, 0.29) is 0 Å². The molecule has 0 radical (unpaired) electrons. The van der Waals surface area contributed by atoms with Gasteiger partial charge in [0.15, 0.2) is 5.58 Å². The molecule has 0 saturated heterocycles. The number of nitrogen functional groups attached to an aromatic ring is 1. The number of aromatic nitrogens is 1. The van der Waals surface area contributed by atoms with Gasteiger partial charge in [0, 0.05) is 22.0 Å². The van der Waals surface area contributed by atoms with Crippen LogP contribution in [0.2, 0.25) is 0 Å². The maximum Gasteiger partial charge on any atom is 0.227 e. The first-order chi connectivity index (χ1) is 10.8. The Labute approximate surface area is 128 Å². The number of oxazole rings is 1. The summed E-state index contributed by atoms with van der Waals surface area (Å²) in [5.74, 6) is 0.633. The maximum atomic E-state index is 6.13. The van der Waals surface area contributed by atoms with E-state index in [0.29, 0.717) is 5.89 Å². The molecule has 4 aromatic rings. The fraction of sp³-hybridized carbons (Fsp3) is 0.105. The molecule has 0 spiro atoms. The molecule has 0 atom stereocenters. The van der Waals surface area contributed by atoms with Crippen molar-refractivity contribution < 1.29 is 4.42 Å². The zero-order valence-corrected chi connectivity index (χ0v) is 12.3. The van der Waals surface area contributed by atoms with Crippen LogP contribution in [0.4, 0.5) is 5.69 Å². The molecular formula is C19H16N2O. The summed E-state index contributed by atoms with van der Waals surface area (Å²) in [4.78, 5) is 4.60. The van der Waals surface area contributed by atoms with Gasteiger partial charge in [0.25, 0.3) is 0 Å².